The number of ketones is 1. The molecular formula is C17H32O2. The summed E-state index contributed by atoms with van der Waals surface area (Å²) in [6.45, 7) is 16.6. The molecule has 0 rings (SSSR count). The van der Waals surface area contributed by atoms with Gasteiger partial charge in [0.2, 0.25) is 0 Å². The molecule has 0 aliphatic carbocycles. The smallest absolute Gasteiger partial charge is 0.162 e. The predicted octanol–water partition coefficient (Wildman–Crippen LogP) is 4.85. The van der Waals surface area contributed by atoms with Gasteiger partial charge in [0, 0.05) is 17.9 Å². The highest BCUT2D eigenvalue weighted by Gasteiger charge is 2.27. The first-order chi connectivity index (χ1) is 8.59. The van der Waals surface area contributed by atoms with Gasteiger partial charge >= 0.3 is 0 Å². The average molecular weight is 268 g/mol. The molecule has 19 heavy (non-hydrogen) atoms. The molecule has 0 bridgehead atoms. The largest absolute Gasteiger partial charge is 0.512 e. The van der Waals surface area contributed by atoms with Crippen LogP contribution in [-0.2, 0) is 4.79 Å². The highest BCUT2D eigenvalue weighted by molar-refractivity contribution is 5.92. The summed E-state index contributed by atoms with van der Waals surface area (Å²) in [4.78, 5) is 12.3. The first-order valence-electron chi connectivity index (χ1n) is 7.53. The summed E-state index contributed by atoms with van der Waals surface area (Å²) in [6, 6.07) is 0. The third-order valence-electron chi connectivity index (χ3n) is 3.83. The van der Waals surface area contributed by atoms with E-state index in [2.05, 4.69) is 55.4 Å². The van der Waals surface area contributed by atoms with E-state index in [4.69, 9.17) is 0 Å². The second kappa shape index (κ2) is 7.72. The Balaban J connectivity index is 5.15. The summed E-state index contributed by atoms with van der Waals surface area (Å²) < 4.78 is 0. The number of rotatable bonds is 7. The van der Waals surface area contributed by atoms with E-state index in [9.17, 15) is 9.90 Å². The van der Waals surface area contributed by atoms with E-state index in [1.807, 2.05) is 0 Å². The molecule has 0 unspecified atom stereocenters. The Hall–Kier alpha value is -0.790. The maximum atomic E-state index is 12.3. The maximum absolute atomic E-state index is 12.3. The maximum Gasteiger partial charge on any atom is 0.162 e. The molecule has 0 radical (unpaired) electrons. The lowest BCUT2D eigenvalue weighted by Gasteiger charge is -2.26. The molecule has 0 aromatic rings. The minimum Gasteiger partial charge on any atom is -0.512 e. The molecule has 0 amide bonds. The van der Waals surface area contributed by atoms with Crippen molar-refractivity contribution in [2.45, 2.75) is 55.4 Å². The zero-order chi connectivity index (χ0) is 15.3. The van der Waals surface area contributed by atoms with Gasteiger partial charge in [-0.3, -0.25) is 4.79 Å². The fraction of sp³-hybridized carbons (Fsp3) is 0.824. The van der Waals surface area contributed by atoms with Crippen molar-refractivity contribution in [3.63, 3.8) is 0 Å². The summed E-state index contributed by atoms with van der Waals surface area (Å²) in [6.07, 6.45) is 1.48. The molecule has 0 heterocycles. The third-order valence-corrected chi connectivity index (χ3v) is 3.83. The average Bonchev–Trinajstić information content (AvgIpc) is 2.13. The molecule has 2 nitrogen and oxygen atoms in total. The van der Waals surface area contributed by atoms with Crippen LogP contribution in [0.4, 0.5) is 0 Å². The molecule has 0 spiro atoms. The van der Waals surface area contributed by atoms with E-state index < -0.39 is 0 Å². The molecule has 0 aromatic heterocycles. The number of hydrogen-bond acceptors (Lipinski definition) is 2. The van der Waals surface area contributed by atoms with Crippen molar-refractivity contribution in [2.75, 3.05) is 0 Å². The second-order valence-electron chi connectivity index (χ2n) is 7.00. The molecule has 0 aromatic carbocycles. The number of aliphatic hydroxyl groups is 1. The number of carbonyl (C=O) groups excluding carboxylic acids is 1. The lowest BCUT2D eigenvalue weighted by molar-refractivity contribution is -0.121. The quantitative estimate of drug-likeness (QED) is 0.529. The van der Waals surface area contributed by atoms with Gasteiger partial charge in [-0.2, -0.15) is 0 Å². The van der Waals surface area contributed by atoms with Crippen molar-refractivity contribution in [2.24, 2.45) is 35.5 Å². The molecule has 0 aliphatic rings. The van der Waals surface area contributed by atoms with E-state index in [-0.39, 0.29) is 23.4 Å². The van der Waals surface area contributed by atoms with Crippen LogP contribution >= 0.6 is 0 Å². The van der Waals surface area contributed by atoms with Crippen LogP contribution in [0.3, 0.4) is 0 Å². The van der Waals surface area contributed by atoms with E-state index in [1.165, 1.54) is 6.08 Å². The Morgan fingerprint density at radius 2 is 1.05 bits per heavy atom. The molecule has 0 fully saturated rings. The van der Waals surface area contributed by atoms with E-state index in [1.54, 1.807) is 0 Å². The number of carbonyl (C=O) groups is 1. The monoisotopic (exact) mass is 268 g/mol. The van der Waals surface area contributed by atoms with Gasteiger partial charge in [0.1, 0.15) is 0 Å². The van der Waals surface area contributed by atoms with Gasteiger partial charge in [-0.05, 0) is 23.7 Å². The van der Waals surface area contributed by atoms with E-state index >= 15 is 0 Å². The van der Waals surface area contributed by atoms with Gasteiger partial charge in [-0.25, -0.2) is 0 Å². The van der Waals surface area contributed by atoms with E-state index in [0.717, 1.165) is 0 Å². The van der Waals surface area contributed by atoms with Crippen molar-refractivity contribution in [3.05, 3.63) is 11.8 Å². The molecule has 0 aliphatic heterocycles. The summed E-state index contributed by atoms with van der Waals surface area (Å²) >= 11 is 0. The molecule has 0 saturated carbocycles. The number of aliphatic hydroxyl groups excluding tert-OH is 1. The second-order valence-corrected chi connectivity index (χ2v) is 7.00. The van der Waals surface area contributed by atoms with Crippen LogP contribution in [0.15, 0.2) is 11.8 Å². The Bertz CT molecular complexity index is 295. The third kappa shape index (κ3) is 5.38. The fourth-order valence-electron chi connectivity index (χ4n) is 3.22. The Morgan fingerprint density at radius 1 is 0.737 bits per heavy atom. The lowest BCUT2D eigenvalue weighted by atomic mass is 9.79. The molecule has 2 heteroatoms. The van der Waals surface area contributed by atoms with Gasteiger partial charge in [-0.1, -0.05) is 55.4 Å². The highest BCUT2D eigenvalue weighted by atomic mass is 16.3. The minimum atomic E-state index is -0.0119. The summed E-state index contributed by atoms with van der Waals surface area (Å²) in [7, 11) is 0. The standard InChI is InChI=1S/C17H32O2/c1-10(2)16(11(3)4)14(18)9-15(19)17(12(5)6)13(7)8/h9-13,16-18H,1-8H3. The van der Waals surface area contributed by atoms with Crippen molar-refractivity contribution in [3.8, 4) is 0 Å². The van der Waals surface area contributed by atoms with Crippen molar-refractivity contribution in [1.29, 1.82) is 0 Å². The Kier molecular flexibility index (Phi) is 7.39. The van der Waals surface area contributed by atoms with Crippen LogP contribution in [0.5, 0.6) is 0 Å². The predicted molar refractivity (Wildman–Crippen MR) is 82.1 cm³/mol. The Labute approximate surface area is 119 Å². The number of hydrogen-bond donors (Lipinski definition) is 1. The molecule has 112 valence electrons. The van der Waals surface area contributed by atoms with Crippen LogP contribution in [0.2, 0.25) is 0 Å². The van der Waals surface area contributed by atoms with Crippen LogP contribution in [0.25, 0.3) is 0 Å². The topological polar surface area (TPSA) is 37.3 Å². The van der Waals surface area contributed by atoms with Crippen molar-refractivity contribution in [1.82, 2.24) is 0 Å². The molecular weight excluding hydrogens is 236 g/mol. The van der Waals surface area contributed by atoms with Crippen molar-refractivity contribution < 1.29 is 9.90 Å². The zero-order valence-electron chi connectivity index (χ0n) is 13.9. The van der Waals surface area contributed by atoms with Gasteiger partial charge < -0.3 is 5.11 Å². The lowest BCUT2D eigenvalue weighted by Crippen LogP contribution is -2.26. The molecule has 0 atom stereocenters. The minimum absolute atomic E-state index is 0.0119. The first-order valence-corrected chi connectivity index (χ1v) is 7.53. The van der Waals surface area contributed by atoms with E-state index in [0.29, 0.717) is 23.7 Å². The van der Waals surface area contributed by atoms with Crippen LogP contribution in [0, 0.1) is 35.5 Å². The zero-order valence-corrected chi connectivity index (χ0v) is 13.9. The van der Waals surface area contributed by atoms with Crippen LogP contribution < -0.4 is 0 Å². The van der Waals surface area contributed by atoms with Crippen LogP contribution in [-0.4, -0.2) is 10.9 Å². The summed E-state index contributed by atoms with van der Waals surface area (Å²) in [5, 5.41) is 10.3. The van der Waals surface area contributed by atoms with Gasteiger partial charge in [0.25, 0.3) is 0 Å². The summed E-state index contributed by atoms with van der Waals surface area (Å²) in [5.74, 6) is 1.63. The number of allylic oxidation sites excluding steroid dienone is 2. The Morgan fingerprint density at radius 3 is 1.32 bits per heavy atom. The first kappa shape index (κ1) is 18.2. The van der Waals surface area contributed by atoms with Gasteiger partial charge in [0.05, 0.1) is 5.76 Å². The fourth-order valence-corrected chi connectivity index (χ4v) is 3.22. The normalized spacial score (nSPS) is 13.7. The van der Waals surface area contributed by atoms with Crippen molar-refractivity contribution >= 4 is 5.78 Å². The van der Waals surface area contributed by atoms with Crippen LogP contribution in [0.1, 0.15) is 55.4 Å². The highest BCUT2D eigenvalue weighted by Crippen LogP contribution is 2.28. The SMILES string of the molecule is CC(C)C(C(=O)C=C(O)C(C(C)C)C(C)C)C(C)C. The van der Waals surface area contributed by atoms with Gasteiger partial charge in [0.15, 0.2) is 5.78 Å². The molecule has 0 saturated heterocycles. The van der Waals surface area contributed by atoms with Gasteiger partial charge in [-0.15, -0.1) is 0 Å². The summed E-state index contributed by atoms with van der Waals surface area (Å²) in [5.41, 5.74) is 0. The molecule has 1 N–H and O–H groups in total.